The van der Waals surface area contributed by atoms with Crippen LogP contribution < -0.4 is 19.3 Å². The number of phenols is 1. The predicted molar refractivity (Wildman–Crippen MR) is 224 cm³/mol. The number of nitrogens with zero attached hydrogens (tertiary/aromatic N) is 7. The predicted octanol–water partition coefficient (Wildman–Crippen LogP) is 4.89. The van der Waals surface area contributed by atoms with Crippen molar-refractivity contribution < 1.29 is 28.9 Å². The van der Waals surface area contributed by atoms with Crippen LogP contribution in [0.4, 0.5) is 17.2 Å². The molecule has 59 heavy (non-hydrogen) atoms. The number of piperazine rings is 1. The van der Waals surface area contributed by atoms with E-state index in [1.54, 1.807) is 35.4 Å². The number of morpholine rings is 1. The fourth-order valence-electron chi connectivity index (χ4n) is 9.87. The molecule has 6 aliphatic heterocycles. The van der Waals surface area contributed by atoms with Gasteiger partial charge in [0.2, 0.25) is 6.79 Å². The third-order valence-electron chi connectivity index (χ3n) is 13.5. The number of rotatable bonds is 7. The first-order valence-corrected chi connectivity index (χ1v) is 20.8. The minimum atomic E-state index is -1.04. The highest BCUT2D eigenvalue weighted by Gasteiger charge is 2.47. The number of ether oxygens (including phenoxy) is 3. The summed E-state index contributed by atoms with van der Waals surface area (Å²) in [5.74, 6) is 1.90. The standard InChI is InChI=1S/C46H51N7O6/c1-46(45(56)53(33-8-10-37(54)11-9-33)34-21-31-13-15-48(2)43(31)47-24-34)14-12-40(49(46)3)38-22-41-42(59-29-58-41)23-39(38)44(55)52-25-32-7-5-4-6-30(32)20-35(52)26-50-16-17-51-18-19-57-28-36(51)27-50/h4-12,21-24,35-36,54H,13-20,25-29H2,1-3H3/t35-,36+,46?/m0/s1. The van der Waals surface area contributed by atoms with Gasteiger partial charge in [0.1, 0.15) is 17.1 Å². The number of benzene rings is 3. The molecule has 4 aromatic rings. The summed E-state index contributed by atoms with van der Waals surface area (Å²) >= 11 is 0. The number of carbonyl (C=O) groups excluding carboxylic acids is 2. The lowest BCUT2D eigenvalue weighted by Crippen LogP contribution is -2.60. The van der Waals surface area contributed by atoms with E-state index in [0.29, 0.717) is 53.0 Å². The maximum Gasteiger partial charge on any atom is 0.257 e. The molecular formula is C46H51N7O6. The van der Waals surface area contributed by atoms with Crippen molar-refractivity contribution in [1.82, 2.24) is 24.6 Å². The first-order chi connectivity index (χ1) is 28.6. The SMILES string of the molecule is CN1CCc2cc(N(C(=O)C3(C)CC=C(c4cc5c(cc4C(=O)N4Cc6ccccc6C[C@H]4CN4CCN6CCOC[C@H]6C4)OCO5)N3C)c3ccc(O)cc3)cnc21. The Morgan fingerprint density at radius 1 is 0.932 bits per heavy atom. The molecule has 3 atom stereocenters. The summed E-state index contributed by atoms with van der Waals surface area (Å²) in [6.45, 7) is 9.51. The van der Waals surface area contributed by atoms with Crippen LogP contribution in [0, 0.1) is 0 Å². The molecule has 0 saturated carbocycles. The van der Waals surface area contributed by atoms with Crippen LogP contribution in [0.2, 0.25) is 0 Å². The lowest BCUT2D eigenvalue weighted by atomic mass is 9.91. The first kappa shape index (κ1) is 37.6. The van der Waals surface area contributed by atoms with Crippen molar-refractivity contribution in [2.45, 2.75) is 50.4 Å². The van der Waals surface area contributed by atoms with Crippen molar-refractivity contribution in [2.75, 3.05) is 83.2 Å². The first-order valence-electron chi connectivity index (χ1n) is 20.8. The molecule has 6 aliphatic rings. The summed E-state index contributed by atoms with van der Waals surface area (Å²) in [7, 11) is 3.95. The molecule has 0 radical (unpaired) electrons. The lowest BCUT2D eigenvalue weighted by Gasteiger charge is -2.46. The molecule has 1 N–H and O–H groups in total. The number of phenolic OH excluding ortho intramolecular Hbond substituents is 1. The van der Waals surface area contributed by atoms with E-state index in [-0.39, 0.29) is 30.4 Å². The zero-order chi connectivity index (χ0) is 40.4. The highest BCUT2D eigenvalue weighted by Crippen LogP contribution is 2.45. The number of anilines is 3. The minimum Gasteiger partial charge on any atom is -0.508 e. The molecule has 306 valence electrons. The molecule has 0 bridgehead atoms. The fourth-order valence-corrected chi connectivity index (χ4v) is 9.87. The molecule has 3 aromatic carbocycles. The number of aromatic hydroxyl groups is 1. The van der Waals surface area contributed by atoms with Gasteiger partial charge in [0.25, 0.3) is 11.8 Å². The van der Waals surface area contributed by atoms with Crippen LogP contribution in [0.1, 0.15) is 46.0 Å². The van der Waals surface area contributed by atoms with E-state index in [9.17, 15) is 5.11 Å². The van der Waals surface area contributed by atoms with Gasteiger partial charge in [-0.3, -0.25) is 24.3 Å². The van der Waals surface area contributed by atoms with Crippen LogP contribution in [0.3, 0.4) is 0 Å². The van der Waals surface area contributed by atoms with Gasteiger partial charge in [0.05, 0.1) is 30.7 Å². The second-order valence-corrected chi connectivity index (χ2v) is 17.0. The van der Waals surface area contributed by atoms with Gasteiger partial charge >= 0.3 is 0 Å². The van der Waals surface area contributed by atoms with Crippen molar-refractivity contribution in [3.8, 4) is 17.2 Å². The second-order valence-electron chi connectivity index (χ2n) is 17.0. The molecule has 2 saturated heterocycles. The zero-order valence-electron chi connectivity index (χ0n) is 34.0. The van der Waals surface area contributed by atoms with E-state index in [2.05, 4.69) is 43.9 Å². The van der Waals surface area contributed by atoms with E-state index in [1.165, 1.54) is 5.56 Å². The monoisotopic (exact) mass is 797 g/mol. The normalized spacial score (nSPS) is 23.8. The van der Waals surface area contributed by atoms with Crippen LogP contribution in [-0.4, -0.2) is 132 Å². The Balaban J connectivity index is 0.981. The fraction of sp³-hybridized carbons (Fsp3) is 0.413. The van der Waals surface area contributed by atoms with Gasteiger partial charge in [0.15, 0.2) is 11.5 Å². The number of likely N-dealkylation sites (N-methyl/N-ethyl adjacent to an activating group) is 2. The van der Waals surface area contributed by atoms with Crippen LogP contribution in [0.5, 0.6) is 17.2 Å². The highest BCUT2D eigenvalue weighted by molar-refractivity contribution is 6.08. The molecule has 13 nitrogen and oxygen atoms in total. The Labute approximate surface area is 345 Å². The summed E-state index contributed by atoms with van der Waals surface area (Å²) in [5, 5.41) is 10.2. The van der Waals surface area contributed by atoms with Crippen molar-refractivity contribution in [3.63, 3.8) is 0 Å². The minimum absolute atomic E-state index is 0.0477. The molecule has 2 fully saturated rings. The molecule has 7 heterocycles. The summed E-state index contributed by atoms with van der Waals surface area (Å²) in [6.07, 6.45) is 5.81. The van der Waals surface area contributed by atoms with Gasteiger partial charge in [-0.05, 0) is 85.3 Å². The van der Waals surface area contributed by atoms with Crippen molar-refractivity contribution in [1.29, 1.82) is 0 Å². The summed E-state index contributed by atoms with van der Waals surface area (Å²) < 4.78 is 17.7. The number of pyridine rings is 1. The highest BCUT2D eigenvalue weighted by atomic mass is 16.7. The Kier molecular flexibility index (Phi) is 9.49. The van der Waals surface area contributed by atoms with Gasteiger partial charge in [-0.2, -0.15) is 0 Å². The van der Waals surface area contributed by atoms with Crippen molar-refractivity contribution in [3.05, 3.63) is 107 Å². The zero-order valence-corrected chi connectivity index (χ0v) is 34.0. The maximum atomic E-state index is 15.3. The molecule has 13 heteroatoms. The molecule has 10 rings (SSSR count). The van der Waals surface area contributed by atoms with Crippen LogP contribution >= 0.6 is 0 Å². The van der Waals surface area contributed by atoms with Crippen molar-refractivity contribution in [2.24, 2.45) is 0 Å². The van der Waals surface area contributed by atoms with Gasteiger partial charge in [-0.15, -0.1) is 0 Å². The number of amides is 2. The molecular weight excluding hydrogens is 747 g/mol. The van der Waals surface area contributed by atoms with Crippen LogP contribution in [0.25, 0.3) is 5.70 Å². The smallest absolute Gasteiger partial charge is 0.257 e. The topological polar surface area (TPSA) is 114 Å². The Bertz CT molecular complexity index is 2330. The second kappa shape index (κ2) is 14.9. The van der Waals surface area contributed by atoms with Gasteiger partial charge in [-0.25, -0.2) is 4.98 Å². The molecule has 2 amide bonds. The Morgan fingerprint density at radius 3 is 2.56 bits per heavy atom. The maximum absolute atomic E-state index is 15.3. The van der Waals surface area contributed by atoms with Gasteiger partial charge in [-0.1, -0.05) is 30.3 Å². The van der Waals surface area contributed by atoms with Crippen LogP contribution in [-0.2, 0) is 28.9 Å². The summed E-state index contributed by atoms with van der Waals surface area (Å²) in [5.41, 5.74) is 5.73. The molecule has 0 spiro atoms. The van der Waals surface area contributed by atoms with Gasteiger partial charge in [0, 0.05) is 88.9 Å². The molecule has 0 aliphatic carbocycles. The van der Waals surface area contributed by atoms with E-state index in [1.807, 2.05) is 50.2 Å². The Morgan fingerprint density at radius 2 is 1.73 bits per heavy atom. The van der Waals surface area contributed by atoms with Crippen LogP contribution in [0.15, 0.2) is 79.0 Å². The van der Waals surface area contributed by atoms with E-state index in [0.717, 1.165) is 88.0 Å². The average molecular weight is 798 g/mol. The van der Waals surface area contributed by atoms with E-state index in [4.69, 9.17) is 19.2 Å². The summed E-state index contributed by atoms with van der Waals surface area (Å²) in [6, 6.07) is 21.3. The van der Waals surface area contributed by atoms with E-state index >= 15 is 9.59 Å². The number of hydrogen-bond donors (Lipinski definition) is 1. The van der Waals surface area contributed by atoms with E-state index < -0.39 is 5.54 Å². The number of aromatic nitrogens is 1. The lowest BCUT2D eigenvalue weighted by molar-refractivity contribution is -0.126. The number of fused-ring (bicyclic) bond motifs is 4. The average Bonchev–Trinajstić information content (AvgIpc) is 3.97. The quantitative estimate of drug-likeness (QED) is 0.276. The third kappa shape index (κ3) is 6.65. The van der Waals surface area contributed by atoms with Gasteiger partial charge < -0.3 is 34.0 Å². The molecule has 1 aromatic heterocycles. The van der Waals surface area contributed by atoms with Crippen molar-refractivity contribution >= 4 is 34.7 Å². The molecule has 1 unspecified atom stereocenters. The summed E-state index contributed by atoms with van der Waals surface area (Å²) in [4.78, 5) is 48.2. The third-order valence-corrected chi connectivity index (χ3v) is 13.5. The Hall–Kier alpha value is -5.63. The largest absolute Gasteiger partial charge is 0.508 e. The number of carbonyl (C=O) groups is 2. The number of hydrogen-bond acceptors (Lipinski definition) is 11.